The zero-order valence-electron chi connectivity index (χ0n) is 29.2. The molecule has 0 aliphatic rings. The zero-order valence-corrected chi connectivity index (χ0v) is 30.0. The maximum absolute atomic E-state index is 11.6. The number of aromatic hydroxyl groups is 1. The number of methoxy groups -OCH3 is 1. The fourth-order valence-electron chi connectivity index (χ4n) is 5.88. The van der Waals surface area contributed by atoms with Crippen LogP contribution in [0, 0.1) is 6.92 Å². The van der Waals surface area contributed by atoms with E-state index in [2.05, 4.69) is 40.9 Å². The Hall–Kier alpha value is -7.23. The van der Waals surface area contributed by atoms with Crippen LogP contribution in [0.4, 0.5) is 34.1 Å². The van der Waals surface area contributed by atoms with Gasteiger partial charge in [-0.25, -0.2) is 0 Å². The van der Waals surface area contributed by atoms with E-state index in [1.165, 1.54) is 24.0 Å². The van der Waals surface area contributed by atoms with E-state index in [1.807, 2.05) is 61.5 Å². The summed E-state index contributed by atoms with van der Waals surface area (Å²) in [4.78, 5) is 1.27. The number of nitrogens with zero attached hydrogens (tertiary/aromatic N) is 9. The van der Waals surface area contributed by atoms with Gasteiger partial charge in [0.25, 0.3) is 10.1 Å². The molecule has 0 bridgehead atoms. The maximum atomic E-state index is 11.6. The van der Waals surface area contributed by atoms with Crippen LogP contribution in [0.5, 0.6) is 11.5 Å². The molecule has 0 saturated heterocycles. The first-order valence-corrected chi connectivity index (χ1v) is 18.2. The van der Waals surface area contributed by atoms with Crippen molar-refractivity contribution >= 4 is 76.8 Å². The number of fused-ring (bicyclic) bond motifs is 4. The van der Waals surface area contributed by atoms with E-state index in [1.54, 1.807) is 60.7 Å². The van der Waals surface area contributed by atoms with Gasteiger partial charge in [0, 0.05) is 16.8 Å². The minimum absolute atomic E-state index is 0.0549. The maximum Gasteiger partial charge on any atom is 0.294 e. The van der Waals surface area contributed by atoms with Gasteiger partial charge in [-0.1, -0.05) is 36.4 Å². The molecule has 2 N–H and O–H groups in total. The lowest BCUT2D eigenvalue weighted by atomic mass is 10.1. The first kappa shape index (κ1) is 34.8. The van der Waals surface area contributed by atoms with E-state index in [0.29, 0.717) is 66.8 Å². The molecular weight excluding hydrogens is 719 g/mol. The van der Waals surface area contributed by atoms with Gasteiger partial charge < -0.3 is 9.84 Å². The molecule has 0 radical (unpaired) electrons. The van der Waals surface area contributed by atoms with Crippen molar-refractivity contribution in [3.8, 4) is 17.2 Å². The lowest BCUT2D eigenvalue weighted by molar-refractivity contribution is 0.416. The summed E-state index contributed by atoms with van der Waals surface area (Å²) in [6, 6.07) is 36.8. The minimum atomic E-state index is -4.35. The molecule has 1 heterocycles. The summed E-state index contributed by atoms with van der Waals surface area (Å²) in [7, 11) is -2.82. The molecule has 7 aromatic carbocycles. The van der Waals surface area contributed by atoms with Gasteiger partial charge in [-0.3, -0.25) is 4.55 Å². The molecule has 15 heteroatoms. The number of aryl methyl sites for hydroxylation is 1. The Labute approximate surface area is 313 Å². The Morgan fingerprint density at radius 1 is 0.618 bits per heavy atom. The number of aromatic nitrogens is 3. The summed E-state index contributed by atoms with van der Waals surface area (Å²) < 4.78 is 38.3. The Bertz CT molecular complexity index is 2970. The van der Waals surface area contributed by atoms with Crippen molar-refractivity contribution in [1.82, 2.24) is 15.0 Å². The molecule has 270 valence electrons. The van der Waals surface area contributed by atoms with Crippen LogP contribution in [0.1, 0.15) is 5.56 Å². The molecule has 0 spiro atoms. The van der Waals surface area contributed by atoms with E-state index in [-0.39, 0.29) is 16.3 Å². The van der Waals surface area contributed by atoms with Crippen molar-refractivity contribution in [2.75, 3.05) is 7.11 Å². The summed E-state index contributed by atoms with van der Waals surface area (Å²) >= 11 is 0. The summed E-state index contributed by atoms with van der Waals surface area (Å²) in [5, 5.41) is 49.0. The molecule has 0 aliphatic heterocycles. The molecule has 8 rings (SSSR count). The Morgan fingerprint density at radius 3 is 1.98 bits per heavy atom. The average Bonchev–Trinajstić information content (AvgIpc) is 3.65. The molecule has 0 fully saturated rings. The van der Waals surface area contributed by atoms with Crippen LogP contribution in [0.3, 0.4) is 0 Å². The van der Waals surface area contributed by atoms with Crippen LogP contribution in [-0.2, 0) is 10.1 Å². The fourth-order valence-corrected chi connectivity index (χ4v) is 6.40. The molecule has 0 amide bonds. The summed E-state index contributed by atoms with van der Waals surface area (Å²) in [5.74, 6) is 0.372. The standard InChI is InChI=1S/C40H29N9O5S/c1-24-20-37(38(54-2)23-36(24)45-43-29-12-10-28(11-13-29)42-41-27-6-4-3-5-7-27)46-44-35-19-9-25-21-30(14-16-33(25)40(35)50)49-47-34-18-8-26-22-31(55(51,52)53)15-17-32(26)39(34)48-49/h3-23,50H,1-2H3,(H,51,52,53). The van der Waals surface area contributed by atoms with Crippen LogP contribution in [0.15, 0.2) is 163 Å². The lowest BCUT2D eigenvalue weighted by Crippen LogP contribution is -1.98. The van der Waals surface area contributed by atoms with Crippen molar-refractivity contribution in [3.05, 3.63) is 133 Å². The van der Waals surface area contributed by atoms with Crippen molar-refractivity contribution in [1.29, 1.82) is 0 Å². The average molecular weight is 748 g/mol. The molecule has 0 unspecified atom stereocenters. The van der Waals surface area contributed by atoms with Gasteiger partial charge in [0.2, 0.25) is 0 Å². The molecule has 0 aliphatic carbocycles. The third kappa shape index (κ3) is 7.24. The molecule has 14 nitrogen and oxygen atoms in total. The monoisotopic (exact) mass is 747 g/mol. The number of hydrogen-bond acceptors (Lipinski definition) is 12. The number of benzene rings is 7. The fraction of sp³-hybridized carbons (Fsp3) is 0.0500. The molecule has 55 heavy (non-hydrogen) atoms. The van der Waals surface area contributed by atoms with Crippen molar-refractivity contribution in [2.24, 2.45) is 30.7 Å². The second-order valence-electron chi connectivity index (χ2n) is 12.4. The van der Waals surface area contributed by atoms with E-state index in [9.17, 15) is 18.1 Å². The predicted molar refractivity (Wildman–Crippen MR) is 208 cm³/mol. The largest absolute Gasteiger partial charge is 0.505 e. The smallest absolute Gasteiger partial charge is 0.294 e. The predicted octanol–water partition coefficient (Wildman–Crippen LogP) is 11.2. The third-order valence-corrected chi connectivity index (χ3v) is 9.59. The third-order valence-electron chi connectivity index (χ3n) is 8.74. The Balaban J connectivity index is 1.00. The summed E-state index contributed by atoms with van der Waals surface area (Å²) in [6.07, 6.45) is 0. The van der Waals surface area contributed by atoms with Crippen LogP contribution in [0.25, 0.3) is 38.3 Å². The Morgan fingerprint density at radius 2 is 1.25 bits per heavy atom. The number of rotatable bonds is 9. The zero-order chi connectivity index (χ0) is 38.1. The minimum Gasteiger partial charge on any atom is -0.505 e. The number of phenols is 1. The molecule has 8 aromatic rings. The van der Waals surface area contributed by atoms with Crippen molar-refractivity contribution in [2.45, 2.75) is 11.8 Å². The SMILES string of the molecule is COc1cc(N=Nc2ccc(N=Nc3ccccc3)cc2)c(C)cc1N=Nc1ccc2cc(-n3nc4ccc5cc(S(=O)(=O)O)ccc5c4n3)ccc2c1O. The first-order chi connectivity index (χ1) is 26.6. The van der Waals surface area contributed by atoms with Gasteiger partial charge in [0.15, 0.2) is 5.75 Å². The van der Waals surface area contributed by atoms with E-state index in [0.717, 1.165) is 11.3 Å². The summed E-state index contributed by atoms with van der Waals surface area (Å²) in [5.41, 5.74) is 5.98. The quantitative estimate of drug-likeness (QED) is 0.108. The molecule has 0 atom stereocenters. The van der Waals surface area contributed by atoms with Gasteiger partial charge in [-0.05, 0) is 108 Å². The van der Waals surface area contributed by atoms with Crippen molar-refractivity contribution < 1.29 is 22.8 Å². The molecule has 0 saturated carbocycles. The highest BCUT2D eigenvalue weighted by atomic mass is 32.2. The number of hydrogen-bond donors (Lipinski definition) is 2. The second kappa shape index (κ2) is 14.3. The van der Waals surface area contributed by atoms with Gasteiger partial charge in [-0.15, -0.1) is 20.4 Å². The normalized spacial score (nSPS) is 12.3. The first-order valence-electron chi connectivity index (χ1n) is 16.8. The highest BCUT2D eigenvalue weighted by molar-refractivity contribution is 7.85. The molecule has 1 aromatic heterocycles. The lowest BCUT2D eigenvalue weighted by Gasteiger charge is -2.08. The van der Waals surface area contributed by atoms with Crippen molar-refractivity contribution in [3.63, 3.8) is 0 Å². The van der Waals surface area contributed by atoms with Crippen LogP contribution < -0.4 is 4.74 Å². The second-order valence-corrected chi connectivity index (χ2v) is 13.8. The van der Waals surface area contributed by atoms with Crippen LogP contribution in [-0.4, -0.2) is 40.2 Å². The highest BCUT2D eigenvalue weighted by Crippen LogP contribution is 2.40. The number of azo groups is 3. The van der Waals surface area contributed by atoms with E-state index < -0.39 is 10.1 Å². The van der Waals surface area contributed by atoms with Gasteiger partial charge in [0.05, 0.1) is 40.4 Å². The van der Waals surface area contributed by atoms with Gasteiger partial charge in [0.1, 0.15) is 28.2 Å². The van der Waals surface area contributed by atoms with Crippen LogP contribution in [0.2, 0.25) is 0 Å². The van der Waals surface area contributed by atoms with E-state index >= 15 is 0 Å². The van der Waals surface area contributed by atoms with Gasteiger partial charge >= 0.3 is 0 Å². The van der Waals surface area contributed by atoms with E-state index in [4.69, 9.17) is 4.74 Å². The number of ether oxygens (including phenoxy) is 1. The number of phenolic OH excluding ortho intramolecular Hbond substituents is 1. The summed E-state index contributed by atoms with van der Waals surface area (Å²) in [6.45, 7) is 1.88. The topological polar surface area (TPSA) is 189 Å². The Kier molecular flexibility index (Phi) is 9.06. The van der Waals surface area contributed by atoms with Crippen LogP contribution >= 0.6 is 0 Å². The van der Waals surface area contributed by atoms with Gasteiger partial charge in [-0.2, -0.15) is 33.7 Å². The highest BCUT2D eigenvalue weighted by Gasteiger charge is 2.15. The molecular formula is C40H29N9O5S.